The maximum Gasteiger partial charge on any atom is 0.194 e. The molecule has 0 radical (unpaired) electrons. The molecule has 0 spiro atoms. The lowest BCUT2D eigenvalue weighted by Gasteiger charge is -2.29. The minimum Gasteiger partial charge on any atom is -0.386 e. The van der Waals surface area contributed by atoms with Crippen LogP contribution in [-0.2, 0) is 0 Å². The number of aliphatic imine (C=N–C) groups is 1. The highest BCUT2D eigenvalue weighted by atomic mass is 127. The van der Waals surface area contributed by atoms with E-state index in [0.717, 1.165) is 36.4 Å². The lowest BCUT2D eigenvalue weighted by molar-refractivity contribution is 0.190. The molecule has 27 heavy (non-hydrogen) atoms. The van der Waals surface area contributed by atoms with E-state index in [1.165, 1.54) is 56.7 Å². The quantitative estimate of drug-likeness (QED) is 0.336. The van der Waals surface area contributed by atoms with Crippen molar-refractivity contribution in [3.63, 3.8) is 0 Å². The molecule has 1 aromatic heterocycles. The summed E-state index contributed by atoms with van der Waals surface area (Å²) in [7, 11) is 0. The number of aliphatic hydroxyl groups excluding tert-OH is 1. The third kappa shape index (κ3) is 7.03. The number of nitrogens with one attached hydrogen (secondary N) is 1. The molecule has 3 heterocycles. The molecule has 0 amide bonds. The van der Waals surface area contributed by atoms with Crippen molar-refractivity contribution in [2.24, 2.45) is 10.9 Å². The molecule has 2 aliphatic heterocycles. The SMILES string of the molecule is CCNC(=NCC(O)c1ccc(Cl)s1)N1CCC(CN2CCCCC2)C1.I. The zero-order valence-corrected chi connectivity index (χ0v) is 20.0. The first kappa shape index (κ1) is 23.2. The molecule has 2 fully saturated rings. The van der Waals surface area contributed by atoms with Gasteiger partial charge in [-0.05, 0) is 57.3 Å². The molecule has 0 bridgehead atoms. The highest BCUT2D eigenvalue weighted by molar-refractivity contribution is 14.0. The van der Waals surface area contributed by atoms with Gasteiger partial charge in [-0.2, -0.15) is 0 Å². The maximum atomic E-state index is 10.4. The molecule has 5 nitrogen and oxygen atoms in total. The molecule has 154 valence electrons. The van der Waals surface area contributed by atoms with Crippen LogP contribution in [0.4, 0.5) is 0 Å². The zero-order chi connectivity index (χ0) is 18.4. The van der Waals surface area contributed by atoms with E-state index in [-0.39, 0.29) is 24.0 Å². The molecular formula is C19H32ClIN4OS. The Hall–Kier alpha value is -0.0900. The summed E-state index contributed by atoms with van der Waals surface area (Å²) in [5.41, 5.74) is 0. The Morgan fingerprint density at radius 3 is 2.78 bits per heavy atom. The number of hydrogen-bond donors (Lipinski definition) is 2. The lowest BCUT2D eigenvalue weighted by atomic mass is 10.1. The van der Waals surface area contributed by atoms with Crippen LogP contribution in [0.1, 0.15) is 43.6 Å². The van der Waals surface area contributed by atoms with E-state index in [1.807, 2.05) is 12.1 Å². The second-order valence-corrected chi connectivity index (χ2v) is 9.06. The Kier molecular flexibility index (Phi) is 10.1. The van der Waals surface area contributed by atoms with Crippen molar-refractivity contribution in [3.05, 3.63) is 21.3 Å². The van der Waals surface area contributed by atoms with Crippen LogP contribution < -0.4 is 5.32 Å². The van der Waals surface area contributed by atoms with Crippen LogP contribution in [0.2, 0.25) is 4.34 Å². The Labute approximate surface area is 189 Å². The smallest absolute Gasteiger partial charge is 0.194 e. The molecule has 2 aliphatic rings. The summed E-state index contributed by atoms with van der Waals surface area (Å²) in [6.07, 6.45) is 4.73. The van der Waals surface area contributed by atoms with Gasteiger partial charge in [0.25, 0.3) is 0 Å². The van der Waals surface area contributed by atoms with Gasteiger partial charge in [0, 0.05) is 31.1 Å². The molecule has 2 atom stereocenters. The summed E-state index contributed by atoms with van der Waals surface area (Å²) in [5, 5.41) is 13.7. The van der Waals surface area contributed by atoms with Crippen molar-refractivity contribution in [2.75, 3.05) is 45.8 Å². The van der Waals surface area contributed by atoms with Crippen molar-refractivity contribution in [1.82, 2.24) is 15.1 Å². The van der Waals surface area contributed by atoms with Crippen molar-refractivity contribution < 1.29 is 5.11 Å². The van der Waals surface area contributed by atoms with Crippen LogP contribution in [0.15, 0.2) is 17.1 Å². The third-order valence-corrected chi connectivity index (χ3v) is 6.55. The fraction of sp³-hybridized carbons (Fsp3) is 0.737. The molecule has 1 aromatic rings. The molecule has 2 saturated heterocycles. The summed E-state index contributed by atoms with van der Waals surface area (Å²) in [5.74, 6) is 1.65. The Balaban J connectivity index is 0.00000261. The van der Waals surface area contributed by atoms with Crippen molar-refractivity contribution >= 4 is 52.9 Å². The summed E-state index contributed by atoms with van der Waals surface area (Å²) in [6, 6.07) is 3.70. The van der Waals surface area contributed by atoms with Gasteiger partial charge in [0.05, 0.1) is 10.9 Å². The van der Waals surface area contributed by atoms with E-state index < -0.39 is 6.10 Å². The van der Waals surface area contributed by atoms with Crippen LogP contribution >= 0.6 is 46.9 Å². The number of piperidine rings is 1. The topological polar surface area (TPSA) is 51.1 Å². The minimum absolute atomic E-state index is 0. The second kappa shape index (κ2) is 11.8. The first-order valence-electron chi connectivity index (χ1n) is 9.84. The first-order valence-corrected chi connectivity index (χ1v) is 11.0. The molecule has 0 aromatic carbocycles. The highest BCUT2D eigenvalue weighted by Crippen LogP contribution is 2.27. The number of halogens is 2. The molecule has 0 aliphatic carbocycles. The summed E-state index contributed by atoms with van der Waals surface area (Å²) < 4.78 is 0.704. The largest absolute Gasteiger partial charge is 0.386 e. The number of nitrogens with zero attached hydrogens (tertiary/aromatic N) is 3. The standard InChI is InChI=1S/C19H31ClN4OS.HI/c1-2-21-19(22-12-16(25)17-6-7-18(20)26-17)24-11-8-15(14-24)13-23-9-4-3-5-10-23;/h6-7,15-16,25H,2-5,8-14H2,1H3,(H,21,22);1H. The van der Waals surface area contributed by atoms with Gasteiger partial charge in [-0.25, -0.2) is 0 Å². The molecule has 2 unspecified atom stereocenters. The zero-order valence-electron chi connectivity index (χ0n) is 16.1. The van der Waals surface area contributed by atoms with E-state index in [1.54, 1.807) is 0 Å². The first-order chi connectivity index (χ1) is 12.7. The number of guanidine groups is 1. The molecule has 8 heteroatoms. The van der Waals surface area contributed by atoms with Crippen LogP contribution in [0.5, 0.6) is 0 Å². The molecular weight excluding hydrogens is 495 g/mol. The van der Waals surface area contributed by atoms with Gasteiger partial charge in [-0.3, -0.25) is 4.99 Å². The Morgan fingerprint density at radius 1 is 1.33 bits per heavy atom. The van der Waals surface area contributed by atoms with E-state index in [4.69, 9.17) is 16.6 Å². The third-order valence-electron chi connectivity index (χ3n) is 5.22. The minimum atomic E-state index is -0.590. The van der Waals surface area contributed by atoms with E-state index in [9.17, 15) is 5.11 Å². The fourth-order valence-electron chi connectivity index (χ4n) is 3.88. The van der Waals surface area contributed by atoms with Crippen LogP contribution in [0.3, 0.4) is 0 Å². The van der Waals surface area contributed by atoms with Gasteiger partial charge in [-0.1, -0.05) is 18.0 Å². The summed E-state index contributed by atoms with van der Waals surface area (Å²) in [4.78, 5) is 10.6. The lowest BCUT2D eigenvalue weighted by Crippen LogP contribution is -2.41. The number of rotatable bonds is 6. The fourth-order valence-corrected chi connectivity index (χ4v) is 4.92. The summed E-state index contributed by atoms with van der Waals surface area (Å²) >= 11 is 7.38. The Morgan fingerprint density at radius 2 is 2.11 bits per heavy atom. The van der Waals surface area contributed by atoms with Gasteiger partial charge in [0.2, 0.25) is 0 Å². The predicted octanol–water partition coefficient (Wildman–Crippen LogP) is 3.83. The van der Waals surface area contributed by atoms with Gasteiger partial charge >= 0.3 is 0 Å². The Bertz CT molecular complexity index is 594. The van der Waals surface area contributed by atoms with Crippen LogP contribution in [-0.4, -0.2) is 66.7 Å². The normalized spacial score (nSPS) is 22.6. The maximum absolute atomic E-state index is 10.4. The van der Waals surface area contributed by atoms with Gasteiger partial charge in [0.1, 0.15) is 6.10 Å². The van der Waals surface area contributed by atoms with Crippen molar-refractivity contribution in [1.29, 1.82) is 0 Å². The highest BCUT2D eigenvalue weighted by Gasteiger charge is 2.27. The number of aliphatic hydroxyl groups is 1. The number of thiophene rings is 1. The van der Waals surface area contributed by atoms with Gasteiger partial charge < -0.3 is 20.2 Å². The van der Waals surface area contributed by atoms with Crippen LogP contribution in [0, 0.1) is 5.92 Å². The number of hydrogen-bond acceptors (Lipinski definition) is 4. The van der Waals surface area contributed by atoms with E-state index in [0.29, 0.717) is 10.9 Å². The average molecular weight is 527 g/mol. The molecule has 3 rings (SSSR count). The second-order valence-electron chi connectivity index (χ2n) is 7.31. The van der Waals surface area contributed by atoms with E-state index >= 15 is 0 Å². The molecule has 0 saturated carbocycles. The monoisotopic (exact) mass is 526 g/mol. The van der Waals surface area contributed by atoms with Gasteiger partial charge in [0.15, 0.2) is 5.96 Å². The van der Waals surface area contributed by atoms with E-state index in [2.05, 4.69) is 22.0 Å². The number of likely N-dealkylation sites (tertiary alicyclic amines) is 2. The molecule has 2 N–H and O–H groups in total. The average Bonchev–Trinajstić information content (AvgIpc) is 3.28. The van der Waals surface area contributed by atoms with Crippen LogP contribution in [0.25, 0.3) is 0 Å². The van der Waals surface area contributed by atoms with Gasteiger partial charge in [-0.15, -0.1) is 35.3 Å². The predicted molar refractivity (Wildman–Crippen MR) is 126 cm³/mol. The van der Waals surface area contributed by atoms with Crippen molar-refractivity contribution in [3.8, 4) is 0 Å². The summed E-state index contributed by atoms with van der Waals surface area (Å²) in [6.45, 7) is 9.15. The van der Waals surface area contributed by atoms with Crippen molar-refractivity contribution in [2.45, 2.75) is 38.7 Å².